The smallest absolute Gasteiger partial charge is 0.214 e. The second-order valence-electron chi connectivity index (χ2n) is 7.03. The van der Waals surface area contributed by atoms with Gasteiger partial charge in [0.1, 0.15) is 12.0 Å². The van der Waals surface area contributed by atoms with Gasteiger partial charge in [0.25, 0.3) is 0 Å². The third-order valence-electron chi connectivity index (χ3n) is 5.24. The molecule has 7 nitrogen and oxygen atoms in total. The molecule has 0 spiro atoms. The van der Waals surface area contributed by atoms with E-state index in [2.05, 4.69) is 22.0 Å². The van der Waals surface area contributed by atoms with Gasteiger partial charge in [-0.05, 0) is 49.7 Å². The van der Waals surface area contributed by atoms with Gasteiger partial charge in [-0.1, -0.05) is 24.3 Å². The summed E-state index contributed by atoms with van der Waals surface area (Å²) >= 11 is 0. The Balaban J connectivity index is 0.00000240. The summed E-state index contributed by atoms with van der Waals surface area (Å²) in [4.78, 5) is 8.53. The third kappa shape index (κ3) is 4.06. The van der Waals surface area contributed by atoms with Crippen LogP contribution in [0.4, 0.5) is 11.6 Å². The highest BCUT2D eigenvalue weighted by Crippen LogP contribution is 2.39. The summed E-state index contributed by atoms with van der Waals surface area (Å²) in [7, 11) is 3.34. The molecule has 0 amide bonds. The predicted octanol–water partition coefficient (Wildman–Crippen LogP) is 3.30. The van der Waals surface area contributed by atoms with Gasteiger partial charge in [0.05, 0.1) is 12.8 Å². The van der Waals surface area contributed by atoms with E-state index in [0.717, 1.165) is 41.8 Å². The van der Waals surface area contributed by atoms with E-state index < -0.39 is 0 Å². The number of aliphatic imine (C=N–C) groups is 1. The molecule has 2 heterocycles. The summed E-state index contributed by atoms with van der Waals surface area (Å²) in [5.41, 5.74) is 8.35. The maximum Gasteiger partial charge on any atom is 0.214 e. The van der Waals surface area contributed by atoms with Gasteiger partial charge in [0, 0.05) is 24.4 Å². The van der Waals surface area contributed by atoms with E-state index in [0.29, 0.717) is 11.8 Å². The lowest BCUT2D eigenvalue weighted by atomic mass is 10.1. The lowest BCUT2D eigenvalue weighted by Gasteiger charge is -2.24. The molecule has 7 heteroatoms. The second-order valence-corrected chi connectivity index (χ2v) is 7.03. The van der Waals surface area contributed by atoms with E-state index in [-0.39, 0.29) is 5.48 Å². The van der Waals surface area contributed by atoms with Gasteiger partial charge in [-0.15, -0.1) is 0 Å². The normalized spacial score (nSPS) is 14.8. The summed E-state index contributed by atoms with van der Waals surface area (Å²) in [5.74, 6) is 1.70. The number of anilines is 2. The van der Waals surface area contributed by atoms with Crippen molar-refractivity contribution in [2.45, 2.75) is 19.4 Å². The predicted molar refractivity (Wildman–Crippen MR) is 117 cm³/mol. The first kappa shape index (κ1) is 20.7. The van der Waals surface area contributed by atoms with Crippen LogP contribution >= 0.6 is 0 Å². The highest BCUT2D eigenvalue weighted by molar-refractivity contribution is 6.08. The first-order chi connectivity index (χ1) is 13.7. The monoisotopic (exact) mass is 396 g/mol. The molecule has 0 unspecified atom stereocenters. The van der Waals surface area contributed by atoms with Crippen molar-refractivity contribution in [3.63, 3.8) is 0 Å². The van der Waals surface area contributed by atoms with Crippen molar-refractivity contribution in [2.75, 3.05) is 32.1 Å². The van der Waals surface area contributed by atoms with E-state index in [1.165, 1.54) is 18.4 Å². The number of benzene rings is 2. The number of furan rings is 1. The highest BCUT2D eigenvalue weighted by atomic mass is 16.5. The van der Waals surface area contributed by atoms with Crippen LogP contribution in [-0.2, 0) is 6.54 Å². The van der Waals surface area contributed by atoms with Crippen LogP contribution in [0.1, 0.15) is 18.4 Å². The number of likely N-dealkylation sites (tertiary alicyclic amines) is 1. The van der Waals surface area contributed by atoms with Gasteiger partial charge >= 0.3 is 0 Å². The van der Waals surface area contributed by atoms with Crippen molar-refractivity contribution in [3.8, 4) is 5.75 Å². The van der Waals surface area contributed by atoms with E-state index in [4.69, 9.17) is 14.9 Å². The fourth-order valence-corrected chi connectivity index (χ4v) is 3.79. The number of ether oxygens (including phenoxy) is 1. The molecule has 29 heavy (non-hydrogen) atoms. The zero-order valence-electron chi connectivity index (χ0n) is 16.9. The number of hydrogen-bond donors (Lipinski definition) is 1. The Kier molecular flexibility index (Phi) is 6.41. The molecule has 1 aromatic heterocycles. The van der Waals surface area contributed by atoms with Crippen molar-refractivity contribution in [1.29, 1.82) is 0 Å². The molecule has 154 valence electrons. The number of methoxy groups -OCH3 is 1. The first-order valence-corrected chi connectivity index (χ1v) is 9.59. The number of nitrogens with two attached hydrogens (primary N) is 1. The molecule has 1 fully saturated rings. The maximum atomic E-state index is 6.32. The Labute approximate surface area is 170 Å². The minimum absolute atomic E-state index is 0. The molecule has 4 N–H and O–H groups in total. The SMILES string of the molecule is CN=C(N)N(c1cc(CN2CCCC2)ccc1OC)c1occ2ccccc12.O. The van der Waals surface area contributed by atoms with Crippen molar-refractivity contribution in [3.05, 3.63) is 54.3 Å². The van der Waals surface area contributed by atoms with Crippen molar-refractivity contribution in [1.82, 2.24) is 4.90 Å². The largest absolute Gasteiger partial charge is 0.495 e. The fraction of sp³-hybridized carbons (Fsp3) is 0.318. The minimum Gasteiger partial charge on any atom is -0.495 e. The van der Waals surface area contributed by atoms with E-state index >= 15 is 0 Å². The highest BCUT2D eigenvalue weighted by Gasteiger charge is 2.24. The van der Waals surface area contributed by atoms with Crippen LogP contribution in [0.25, 0.3) is 10.8 Å². The molecular weight excluding hydrogens is 368 g/mol. The summed E-state index contributed by atoms with van der Waals surface area (Å²) < 4.78 is 11.6. The van der Waals surface area contributed by atoms with Gasteiger partial charge in [0.15, 0.2) is 0 Å². The molecular formula is C22H28N4O3. The van der Waals surface area contributed by atoms with Crippen LogP contribution in [-0.4, -0.2) is 43.6 Å². The summed E-state index contributed by atoms with van der Waals surface area (Å²) in [6.45, 7) is 3.20. The molecule has 0 bridgehead atoms. The van der Waals surface area contributed by atoms with E-state index in [1.54, 1.807) is 20.4 Å². The second kappa shape index (κ2) is 8.98. The molecule has 4 rings (SSSR count). The third-order valence-corrected chi connectivity index (χ3v) is 5.24. The molecule has 0 saturated carbocycles. The number of nitrogens with zero attached hydrogens (tertiary/aromatic N) is 3. The Morgan fingerprint density at radius 2 is 1.97 bits per heavy atom. The van der Waals surface area contributed by atoms with Gasteiger partial charge in [-0.3, -0.25) is 9.89 Å². The number of hydrogen-bond acceptors (Lipinski definition) is 4. The van der Waals surface area contributed by atoms with E-state index in [9.17, 15) is 0 Å². The lowest BCUT2D eigenvalue weighted by Crippen LogP contribution is -2.33. The molecule has 0 atom stereocenters. The van der Waals surface area contributed by atoms with E-state index in [1.807, 2.05) is 35.2 Å². The maximum absolute atomic E-state index is 6.32. The molecule has 2 aromatic carbocycles. The minimum atomic E-state index is 0. The van der Waals surface area contributed by atoms with Crippen molar-refractivity contribution < 1.29 is 14.6 Å². The van der Waals surface area contributed by atoms with Crippen molar-refractivity contribution >= 4 is 28.3 Å². The van der Waals surface area contributed by atoms with Crippen LogP contribution in [0, 0.1) is 0 Å². The number of fused-ring (bicyclic) bond motifs is 1. The molecule has 0 aliphatic carbocycles. The average molecular weight is 396 g/mol. The standard InChI is InChI=1S/C22H26N4O2.H2O/c1-24-22(23)26(21-18-8-4-3-7-17(18)15-28-21)19-13-16(9-10-20(19)27-2)14-25-11-5-6-12-25;/h3-4,7-10,13,15H,5-6,11-12,14H2,1-2H3,(H2,23,24);1H2. The molecule has 1 aliphatic heterocycles. The quantitative estimate of drug-likeness (QED) is 0.527. The van der Waals surface area contributed by atoms with Gasteiger partial charge in [0.2, 0.25) is 11.8 Å². The Bertz CT molecular complexity index is 993. The topological polar surface area (TPSA) is 98.7 Å². The van der Waals surface area contributed by atoms with Crippen LogP contribution < -0.4 is 15.4 Å². The summed E-state index contributed by atoms with van der Waals surface area (Å²) in [6, 6.07) is 14.2. The average Bonchev–Trinajstić information content (AvgIpc) is 3.39. The van der Waals surface area contributed by atoms with Crippen LogP contribution in [0.15, 0.2) is 58.1 Å². The van der Waals surface area contributed by atoms with Crippen LogP contribution in [0.3, 0.4) is 0 Å². The Hall–Kier alpha value is -3.03. The summed E-state index contributed by atoms with van der Waals surface area (Å²) in [5, 5.41) is 1.99. The zero-order valence-corrected chi connectivity index (χ0v) is 16.9. The lowest BCUT2D eigenvalue weighted by molar-refractivity contribution is 0.331. The Morgan fingerprint density at radius 1 is 1.21 bits per heavy atom. The number of guanidine groups is 1. The molecule has 0 radical (unpaired) electrons. The molecule has 1 saturated heterocycles. The van der Waals surface area contributed by atoms with Gasteiger partial charge in [-0.2, -0.15) is 0 Å². The first-order valence-electron chi connectivity index (χ1n) is 9.59. The summed E-state index contributed by atoms with van der Waals surface area (Å²) in [6.07, 6.45) is 4.27. The van der Waals surface area contributed by atoms with Gasteiger partial charge in [-0.25, -0.2) is 4.90 Å². The molecule has 3 aromatic rings. The van der Waals surface area contributed by atoms with Gasteiger partial charge < -0.3 is 20.4 Å². The fourth-order valence-electron chi connectivity index (χ4n) is 3.79. The Morgan fingerprint density at radius 3 is 2.69 bits per heavy atom. The van der Waals surface area contributed by atoms with Crippen LogP contribution in [0.2, 0.25) is 0 Å². The molecule has 1 aliphatic rings. The zero-order chi connectivity index (χ0) is 19.5. The van der Waals surface area contributed by atoms with Crippen LogP contribution in [0.5, 0.6) is 5.75 Å². The van der Waals surface area contributed by atoms with Crippen molar-refractivity contribution in [2.24, 2.45) is 10.7 Å². The number of rotatable bonds is 5.